The number of hydrogen-bond acceptors (Lipinski definition) is 3. The number of carbonyl (C=O) groups is 2. The summed E-state index contributed by atoms with van der Waals surface area (Å²) in [5, 5.41) is 5.69. The van der Waals surface area contributed by atoms with Crippen LogP contribution >= 0.6 is 0 Å². The fourth-order valence-corrected chi connectivity index (χ4v) is 1.91. The maximum absolute atomic E-state index is 11.6. The van der Waals surface area contributed by atoms with Gasteiger partial charge in [-0.05, 0) is 18.9 Å². The molecule has 0 radical (unpaired) electrons. The first-order chi connectivity index (χ1) is 8.25. The van der Waals surface area contributed by atoms with Gasteiger partial charge in [0, 0.05) is 19.0 Å². The molecule has 0 saturated carbocycles. The second-order valence-corrected chi connectivity index (χ2v) is 4.23. The molecule has 1 unspecified atom stereocenters. The van der Waals surface area contributed by atoms with Gasteiger partial charge in [0.25, 0.3) is 5.91 Å². The zero-order chi connectivity index (χ0) is 12.1. The molecular weight excluding hydrogens is 220 g/mol. The molecular formula is C12H16N2O3. The minimum absolute atomic E-state index is 0.0425. The Balaban J connectivity index is 1.81. The van der Waals surface area contributed by atoms with Crippen LogP contribution in [-0.4, -0.2) is 24.4 Å². The first-order valence-electron chi connectivity index (χ1n) is 5.85. The van der Waals surface area contributed by atoms with Crippen LogP contribution in [-0.2, 0) is 4.79 Å². The average molecular weight is 236 g/mol. The van der Waals surface area contributed by atoms with E-state index in [1.165, 1.54) is 12.5 Å². The van der Waals surface area contributed by atoms with Crippen LogP contribution < -0.4 is 10.6 Å². The van der Waals surface area contributed by atoms with Crippen molar-refractivity contribution in [3.63, 3.8) is 0 Å². The van der Waals surface area contributed by atoms with Crippen LogP contribution in [0.25, 0.3) is 0 Å². The highest BCUT2D eigenvalue weighted by atomic mass is 16.3. The molecule has 0 aromatic carbocycles. The predicted molar refractivity (Wildman–Crippen MR) is 61.4 cm³/mol. The molecule has 0 spiro atoms. The summed E-state index contributed by atoms with van der Waals surface area (Å²) in [5.41, 5.74) is 0.505. The summed E-state index contributed by atoms with van der Waals surface area (Å²) >= 11 is 0. The molecule has 0 aliphatic carbocycles. The highest BCUT2D eigenvalue weighted by Gasteiger charge is 2.17. The lowest BCUT2D eigenvalue weighted by Gasteiger charge is -2.16. The van der Waals surface area contributed by atoms with E-state index in [2.05, 4.69) is 10.6 Å². The average Bonchev–Trinajstić information content (AvgIpc) is 2.77. The normalized spacial score (nSPS) is 20.5. The lowest BCUT2D eigenvalue weighted by atomic mass is 10.1. The zero-order valence-electron chi connectivity index (χ0n) is 9.57. The van der Waals surface area contributed by atoms with Crippen molar-refractivity contribution in [3.05, 3.63) is 24.2 Å². The summed E-state index contributed by atoms with van der Waals surface area (Å²) in [7, 11) is 0. The van der Waals surface area contributed by atoms with Crippen molar-refractivity contribution < 1.29 is 14.0 Å². The van der Waals surface area contributed by atoms with Crippen LogP contribution in [0.4, 0.5) is 0 Å². The van der Waals surface area contributed by atoms with Crippen molar-refractivity contribution in [1.29, 1.82) is 0 Å². The van der Waals surface area contributed by atoms with Crippen molar-refractivity contribution in [1.82, 2.24) is 10.6 Å². The number of furan rings is 1. The Morgan fingerprint density at radius 1 is 1.53 bits per heavy atom. The van der Waals surface area contributed by atoms with Crippen LogP contribution in [0.2, 0.25) is 0 Å². The Morgan fingerprint density at radius 2 is 2.41 bits per heavy atom. The monoisotopic (exact) mass is 236 g/mol. The summed E-state index contributed by atoms with van der Waals surface area (Å²) < 4.78 is 4.83. The molecule has 1 aliphatic rings. The van der Waals surface area contributed by atoms with E-state index in [-0.39, 0.29) is 17.9 Å². The summed E-state index contributed by atoms with van der Waals surface area (Å²) in [6.45, 7) is 0.468. The maximum atomic E-state index is 11.6. The molecule has 5 nitrogen and oxygen atoms in total. The maximum Gasteiger partial charge on any atom is 0.254 e. The van der Waals surface area contributed by atoms with Gasteiger partial charge in [0.1, 0.15) is 6.26 Å². The van der Waals surface area contributed by atoms with Crippen molar-refractivity contribution >= 4 is 11.8 Å². The van der Waals surface area contributed by atoms with E-state index >= 15 is 0 Å². The summed E-state index contributed by atoms with van der Waals surface area (Å²) in [5.74, 6) is -0.0951. The van der Waals surface area contributed by atoms with Crippen molar-refractivity contribution in [2.45, 2.75) is 31.7 Å². The molecule has 2 heterocycles. The SMILES string of the molecule is O=C1CCCCC(CNC(=O)c2ccoc2)N1. The molecule has 2 amide bonds. The summed E-state index contributed by atoms with van der Waals surface area (Å²) in [6, 6.07) is 1.65. The predicted octanol–water partition coefficient (Wildman–Crippen LogP) is 1.07. The van der Waals surface area contributed by atoms with Crippen LogP contribution in [0, 0.1) is 0 Å². The quantitative estimate of drug-likeness (QED) is 0.824. The fraction of sp³-hybridized carbons (Fsp3) is 0.500. The molecule has 1 atom stereocenters. The van der Waals surface area contributed by atoms with Gasteiger partial charge in [-0.3, -0.25) is 9.59 Å². The number of nitrogens with one attached hydrogen (secondary N) is 2. The second-order valence-electron chi connectivity index (χ2n) is 4.23. The number of rotatable bonds is 3. The topological polar surface area (TPSA) is 71.3 Å². The van der Waals surface area contributed by atoms with Gasteiger partial charge < -0.3 is 15.1 Å². The lowest BCUT2D eigenvalue weighted by molar-refractivity contribution is -0.121. The fourth-order valence-electron chi connectivity index (χ4n) is 1.91. The van der Waals surface area contributed by atoms with E-state index in [1.54, 1.807) is 6.07 Å². The van der Waals surface area contributed by atoms with Gasteiger partial charge in [0.15, 0.2) is 0 Å². The van der Waals surface area contributed by atoms with E-state index in [4.69, 9.17) is 4.42 Å². The van der Waals surface area contributed by atoms with E-state index in [0.717, 1.165) is 19.3 Å². The van der Waals surface area contributed by atoms with E-state index in [0.29, 0.717) is 18.5 Å². The van der Waals surface area contributed by atoms with Crippen LogP contribution in [0.5, 0.6) is 0 Å². The molecule has 5 heteroatoms. The molecule has 1 aromatic rings. The lowest BCUT2D eigenvalue weighted by Crippen LogP contribution is -2.42. The van der Waals surface area contributed by atoms with Crippen molar-refractivity contribution in [2.24, 2.45) is 0 Å². The van der Waals surface area contributed by atoms with Crippen LogP contribution in [0.3, 0.4) is 0 Å². The number of hydrogen-bond donors (Lipinski definition) is 2. The molecule has 1 saturated heterocycles. The van der Waals surface area contributed by atoms with Crippen molar-refractivity contribution in [3.8, 4) is 0 Å². The Morgan fingerprint density at radius 3 is 3.18 bits per heavy atom. The molecule has 2 N–H and O–H groups in total. The van der Waals surface area contributed by atoms with Crippen LogP contribution in [0.15, 0.2) is 23.0 Å². The molecule has 0 bridgehead atoms. The Bertz CT molecular complexity index is 386. The Labute approximate surface area is 99.6 Å². The molecule has 1 fully saturated rings. The standard InChI is InChI=1S/C12H16N2O3/c15-11-4-2-1-3-10(14-11)7-13-12(16)9-5-6-17-8-9/h5-6,8,10H,1-4,7H2,(H,13,16)(H,14,15). The highest BCUT2D eigenvalue weighted by Crippen LogP contribution is 2.09. The molecule has 1 aliphatic heterocycles. The first-order valence-corrected chi connectivity index (χ1v) is 5.85. The van der Waals surface area contributed by atoms with Gasteiger partial charge in [-0.2, -0.15) is 0 Å². The minimum Gasteiger partial charge on any atom is -0.472 e. The first kappa shape index (κ1) is 11.7. The second kappa shape index (κ2) is 5.52. The Hall–Kier alpha value is -1.78. The smallest absolute Gasteiger partial charge is 0.254 e. The molecule has 1 aromatic heterocycles. The van der Waals surface area contributed by atoms with Crippen LogP contribution in [0.1, 0.15) is 36.0 Å². The molecule has 92 valence electrons. The molecule has 17 heavy (non-hydrogen) atoms. The van der Waals surface area contributed by atoms with E-state index in [9.17, 15) is 9.59 Å². The zero-order valence-corrected chi connectivity index (χ0v) is 9.57. The highest BCUT2D eigenvalue weighted by molar-refractivity contribution is 5.93. The third kappa shape index (κ3) is 3.34. The third-order valence-corrected chi connectivity index (χ3v) is 2.86. The third-order valence-electron chi connectivity index (χ3n) is 2.86. The minimum atomic E-state index is -0.169. The van der Waals surface area contributed by atoms with Gasteiger partial charge in [0.05, 0.1) is 11.8 Å². The largest absolute Gasteiger partial charge is 0.472 e. The van der Waals surface area contributed by atoms with Gasteiger partial charge in [0.2, 0.25) is 5.91 Å². The number of carbonyl (C=O) groups excluding carboxylic acids is 2. The number of amides is 2. The van der Waals surface area contributed by atoms with Gasteiger partial charge in [-0.25, -0.2) is 0 Å². The Kier molecular flexibility index (Phi) is 3.80. The summed E-state index contributed by atoms with van der Waals surface area (Å²) in [4.78, 5) is 23.0. The van der Waals surface area contributed by atoms with Crippen molar-refractivity contribution in [2.75, 3.05) is 6.54 Å². The van der Waals surface area contributed by atoms with Gasteiger partial charge in [-0.15, -0.1) is 0 Å². The van der Waals surface area contributed by atoms with Gasteiger partial charge >= 0.3 is 0 Å². The van der Waals surface area contributed by atoms with Gasteiger partial charge in [-0.1, -0.05) is 6.42 Å². The van der Waals surface area contributed by atoms with E-state index in [1.807, 2.05) is 0 Å². The summed E-state index contributed by atoms with van der Waals surface area (Å²) in [6.07, 6.45) is 6.32. The van der Waals surface area contributed by atoms with E-state index < -0.39 is 0 Å². The molecule has 2 rings (SSSR count).